The van der Waals surface area contributed by atoms with E-state index in [0.717, 1.165) is 11.3 Å². The van der Waals surface area contributed by atoms with Crippen molar-refractivity contribution in [3.63, 3.8) is 0 Å². The van der Waals surface area contributed by atoms with E-state index >= 15 is 0 Å². The molecule has 1 radical (unpaired) electrons. The lowest BCUT2D eigenvalue weighted by Gasteiger charge is -2.24. The van der Waals surface area contributed by atoms with Crippen molar-refractivity contribution in [3.05, 3.63) is 29.8 Å². The molecule has 2 amide bonds. The number of benzene rings is 1. The minimum Gasteiger partial charge on any atom is -0.296 e. The number of carbonyl (C=O) groups is 1. The Labute approximate surface area is 71.0 Å². The monoisotopic (exact) mass is 161 g/mol. The van der Waals surface area contributed by atoms with Gasteiger partial charge in [-0.1, -0.05) is 18.2 Å². The van der Waals surface area contributed by atoms with Crippen LogP contribution in [0.25, 0.3) is 0 Å². The smallest absolute Gasteiger partial charge is 0.296 e. The van der Waals surface area contributed by atoms with Crippen LogP contribution in [0.4, 0.5) is 10.5 Å². The molecule has 0 bridgehead atoms. The molecule has 0 saturated heterocycles. The molecule has 3 heteroatoms. The summed E-state index contributed by atoms with van der Waals surface area (Å²) in [6.45, 7) is 0.513. The topological polar surface area (TPSA) is 34.4 Å². The Morgan fingerprint density at radius 2 is 2.17 bits per heavy atom. The van der Waals surface area contributed by atoms with Crippen LogP contribution < -0.4 is 10.2 Å². The van der Waals surface area contributed by atoms with Gasteiger partial charge in [-0.15, -0.1) is 0 Å². The van der Waals surface area contributed by atoms with E-state index in [4.69, 9.17) is 0 Å². The lowest BCUT2D eigenvalue weighted by atomic mass is 10.1. The first kappa shape index (κ1) is 7.16. The maximum atomic E-state index is 11.1. The van der Waals surface area contributed by atoms with Crippen molar-refractivity contribution in [3.8, 4) is 0 Å². The maximum absolute atomic E-state index is 11.1. The van der Waals surface area contributed by atoms with Crippen LogP contribution in [0.15, 0.2) is 24.3 Å². The highest BCUT2D eigenvalue weighted by Crippen LogP contribution is 2.22. The Hall–Kier alpha value is -1.51. The van der Waals surface area contributed by atoms with Gasteiger partial charge in [0.25, 0.3) is 0 Å². The summed E-state index contributed by atoms with van der Waals surface area (Å²) in [6.07, 6.45) is 0. The Morgan fingerprint density at radius 1 is 1.42 bits per heavy atom. The molecule has 0 aromatic heterocycles. The second kappa shape index (κ2) is 2.52. The first-order valence-corrected chi connectivity index (χ1v) is 3.82. The van der Waals surface area contributed by atoms with Gasteiger partial charge in [0.1, 0.15) is 0 Å². The van der Waals surface area contributed by atoms with E-state index in [1.165, 1.54) is 0 Å². The molecule has 0 atom stereocenters. The zero-order valence-electron chi connectivity index (χ0n) is 6.82. The number of hydrogen-bond donors (Lipinski definition) is 0. The van der Waals surface area contributed by atoms with Crippen molar-refractivity contribution >= 4 is 11.7 Å². The van der Waals surface area contributed by atoms with Gasteiger partial charge in [-0.2, -0.15) is 0 Å². The molecule has 2 rings (SSSR count). The number of para-hydroxylation sites is 1. The second-order valence-electron chi connectivity index (χ2n) is 2.79. The van der Waals surface area contributed by atoms with E-state index in [2.05, 4.69) is 5.32 Å². The van der Waals surface area contributed by atoms with Gasteiger partial charge in [-0.25, -0.2) is 10.1 Å². The van der Waals surface area contributed by atoms with Crippen molar-refractivity contribution < 1.29 is 4.79 Å². The first-order valence-electron chi connectivity index (χ1n) is 3.82. The number of carbonyl (C=O) groups excluding carboxylic acids is 1. The van der Waals surface area contributed by atoms with E-state index in [1.807, 2.05) is 24.3 Å². The molecule has 1 aromatic rings. The zero-order valence-corrected chi connectivity index (χ0v) is 6.82. The number of hydrogen-bond acceptors (Lipinski definition) is 1. The fourth-order valence-electron chi connectivity index (χ4n) is 1.33. The minimum absolute atomic E-state index is 0.159. The second-order valence-corrected chi connectivity index (χ2v) is 2.79. The summed E-state index contributed by atoms with van der Waals surface area (Å²) in [4.78, 5) is 12.7. The van der Waals surface area contributed by atoms with Gasteiger partial charge < -0.3 is 0 Å². The molecule has 0 N–H and O–H groups in total. The highest BCUT2D eigenvalue weighted by molar-refractivity contribution is 5.93. The molecule has 0 fully saturated rings. The zero-order chi connectivity index (χ0) is 8.55. The molecule has 3 nitrogen and oxygen atoms in total. The third-order valence-electron chi connectivity index (χ3n) is 2.02. The van der Waals surface area contributed by atoms with Crippen molar-refractivity contribution in [1.29, 1.82) is 0 Å². The fourth-order valence-corrected chi connectivity index (χ4v) is 1.33. The highest BCUT2D eigenvalue weighted by Gasteiger charge is 2.20. The van der Waals surface area contributed by atoms with Crippen LogP contribution in [-0.4, -0.2) is 13.1 Å². The van der Waals surface area contributed by atoms with Crippen LogP contribution in [-0.2, 0) is 6.54 Å². The summed E-state index contributed by atoms with van der Waals surface area (Å²) >= 11 is 0. The quantitative estimate of drug-likeness (QED) is 0.565. The average molecular weight is 161 g/mol. The minimum atomic E-state index is -0.159. The molecule has 0 saturated carbocycles. The van der Waals surface area contributed by atoms with Gasteiger partial charge in [-0.05, 0) is 11.6 Å². The Balaban J connectivity index is 2.48. The lowest BCUT2D eigenvalue weighted by Crippen LogP contribution is -2.37. The number of urea groups is 1. The third-order valence-corrected chi connectivity index (χ3v) is 2.02. The number of fused-ring (bicyclic) bond motifs is 1. The van der Waals surface area contributed by atoms with Crippen LogP contribution in [0.5, 0.6) is 0 Å². The average Bonchev–Trinajstić information content (AvgIpc) is 2.12. The van der Waals surface area contributed by atoms with Crippen molar-refractivity contribution in [2.75, 3.05) is 11.9 Å². The predicted octanol–water partition coefficient (Wildman–Crippen LogP) is 1.36. The van der Waals surface area contributed by atoms with Crippen LogP contribution in [0.1, 0.15) is 5.56 Å². The van der Waals surface area contributed by atoms with Gasteiger partial charge in [0, 0.05) is 7.05 Å². The molecular weight excluding hydrogens is 152 g/mol. The third kappa shape index (κ3) is 0.942. The van der Waals surface area contributed by atoms with Crippen LogP contribution in [0, 0.1) is 0 Å². The summed E-state index contributed by atoms with van der Waals surface area (Å²) in [7, 11) is 1.74. The molecule has 0 aliphatic carbocycles. The van der Waals surface area contributed by atoms with Gasteiger partial charge in [0.05, 0.1) is 12.2 Å². The Kier molecular flexibility index (Phi) is 1.50. The summed E-state index contributed by atoms with van der Waals surface area (Å²) in [6, 6.07) is 7.64. The standard InChI is InChI=1S/C9H9N2O/c1-11-8-5-3-2-4-7(8)6-10-9(11)12/h2-5H,6H2,1H3. The summed E-state index contributed by atoms with van der Waals surface area (Å²) in [5, 5.41) is 3.84. The number of amides is 2. The molecule has 61 valence electrons. The number of rotatable bonds is 0. The predicted molar refractivity (Wildman–Crippen MR) is 46.1 cm³/mol. The molecule has 0 spiro atoms. The number of anilines is 1. The van der Waals surface area contributed by atoms with Crippen molar-refractivity contribution in [2.45, 2.75) is 6.54 Å². The van der Waals surface area contributed by atoms with Crippen LogP contribution >= 0.6 is 0 Å². The van der Waals surface area contributed by atoms with Gasteiger partial charge >= 0.3 is 6.03 Å². The molecule has 1 heterocycles. The Bertz CT molecular complexity index is 322. The van der Waals surface area contributed by atoms with E-state index in [0.29, 0.717) is 6.54 Å². The molecule has 12 heavy (non-hydrogen) atoms. The summed E-state index contributed by atoms with van der Waals surface area (Å²) in [5.41, 5.74) is 2.08. The lowest BCUT2D eigenvalue weighted by molar-refractivity contribution is 0.245. The van der Waals surface area contributed by atoms with Crippen molar-refractivity contribution in [2.24, 2.45) is 0 Å². The summed E-state index contributed by atoms with van der Waals surface area (Å²) in [5.74, 6) is 0. The van der Waals surface area contributed by atoms with Crippen molar-refractivity contribution in [1.82, 2.24) is 5.32 Å². The van der Waals surface area contributed by atoms with E-state index in [1.54, 1.807) is 11.9 Å². The van der Waals surface area contributed by atoms with Crippen LogP contribution in [0.3, 0.4) is 0 Å². The molecule has 1 aliphatic rings. The van der Waals surface area contributed by atoms with Gasteiger partial charge in [0.15, 0.2) is 0 Å². The van der Waals surface area contributed by atoms with E-state index < -0.39 is 0 Å². The summed E-state index contributed by atoms with van der Waals surface area (Å²) < 4.78 is 0. The molecular formula is C9H9N2O. The maximum Gasteiger partial charge on any atom is 0.343 e. The normalized spacial score (nSPS) is 15.4. The van der Waals surface area contributed by atoms with Crippen LogP contribution in [0.2, 0.25) is 0 Å². The molecule has 1 aliphatic heterocycles. The Morgan fingerprint density at radius 3 is 3.00 bits per heavy atom. The fraction of sp³-hybridized carbons (Fsp3) is 0.222. The number of nitrogens with zero attached hydrogens (tertiary/aromatic N) is 2. The SMILES string of the molecule is CN1C(=O)[N]Cc2ccccc21. The van der Waals surface area contributed by atoms with E-state index in [-0.39, 0.29) is 6.03 Å². The molecule has 0 unspecified atom stereocenters. The van der Waals surface area contributed by atoms with E-state index in [9.17, 15) is 4.79 Å². The molecule has 1 aromatic carbocycles. The first-order chi connectivity index (χ1) is 5.79. The van der Waals surface area contributed by atoms with Gasteiger partial charge in [0.2, 0.25) is 0 Å². The largest absolute Gasteiger partial charge is 0.343 e. The highest BCUT2D eigenvalue weighted by atomic mass is 16.2. The van der Waals surface area contributed by atoms with Gasteiger partial charge in [-0.3, -0.25) is 4.90 Å².